The molecular weight excluding hydrogens is 240 g/mol. The zero-order valence-corrected chi connectivity index (χ0v) is 15.4. The standard InChI is InChI=1S/C10H16.C6H12.C2H6.C2H4/c1-5-9-8(2)6-7-10(9,3)4;1-4-6(3)5-2;2*1-2/h5H,1,6-7H2,2-4H3;4H,5H2,1-3H3;1-2H3;1-2H2/b;6-4-;;. The molecule has 0 bridgehead atoms. The Kier molecular flexibility index (Phi) is 17.3. The van der Waals surface area contributed by atoms with Crippen LogP contribution in [0.1, 0.15) is 74.7 Å². The Balaban J connectivity index is -0.000000250. The molecule has 0 unspecified atom stereocenters. The molecule has 0 heterocycles. The van der Waals surface area contributed by atoms with Crippen LogP contribution in [0.3, 0.4) is 0 Å². The van der Waals surface area contributed by atoms with Crippen molar-refractivity contribution in [1.82, 2.24) is 0 Å². The summed E-state index contributed by atoms with van der Waals surface area (Å²) in [4.78, 5) is 0. The SMILES string of the molecule is C/C=C(/C)CC.C=C.C=CC1=C(C)CCC1(C)C.CC. The van der Waals surface area contributed by atoms with Crippen molar-refractivity contribution in [2.75, 3.05) is 0 Å². The molecule has 0 radical (unpaired) electrons. The van der Waals surface area contributed by atoms with Gasteiger partial charge in [-0.05, 0) is 51.0 Å². The first-order chi connectivity index (χ1) is 9.38. The Morgan fingerprint density at radius 3 is 1.80 bits per heavy atom. The van der Waals surface area contributed by atoms with Crippen LogP contribution in [0.2, 0.25) is 0 Å². The maximum absolute atomic E-state index is 3.83. The maximum Gasteiger partial charge on any atom is -0.0101 e. The van der Waals surface area contributed by atoms with Crippen molar-refractivity contribution in [3.05, 3.63) is 48.6 Å². The number of hydrogen-bond acceptors (Lipinski definition) is 0. The Morgan fingerprint density at radius 1 is 1.25 bits per heavy atom. The van der Waals surface area contributed by atoms with E-state index < -0.39 is 0 Å². The van der Waals surface area contributed by atoms with Gasteiger partial charge >= 0.3 is 0 Å². The summed E-state index contributed by atoms with van der Waals surface area (Å²) >= 11 is 0. The van der Waals surface area contributed by atoms with Gasteiger partial charge in [0.15, 0.2) is 0 Å². The molecule has 0 saturated heterocycles. The van der Waals surface area contributed by atoms with E-state index in [1.807, 2.05) is 19.9 Å². The highest BCUT2D eigenvalue weighted by molar-refractivity contribution is 5.33. The second kappa shape index (κ2) is 14.4. The molecule has 0 aromatic carbocycles. The summed E-state index contributed by atoms with van der Waals surface area (Å²) in [6.07, 6.45) is 7.90. The van der Waals surface area contributed by atoms with E-state index in [9.17, 15) is 0 Å². The Labute approximate surface area is 129 Å². The summed E-state index contributed by atoms with van der Waals surface area (Å²) in [5.74, 6) is 0. The highest BCUT2D eigenvalue weighted by atomic mass is 14.3. The van der Waals surface area contributed by atoms with Gasteiger partial charge in [0.25, 0.3) is 0 Å². The highest BCUT2D eigenvalue weighted by Crippen LogP contribution is 2.42. The van der Waals surface area contributed by atoms with Crippen LogP contribution in [-0.4, -0.2) is 0 Å². The molecule has 0 fully saturated rings. The summed E-state index contributed by atoms with van der Waals surface area (Å²) < 4.78 is 0. The summed E-state index contributed by atoms with van der Waals surface area (Å²) in [6.45, 7) is 27.0. The molecule has 0 aliphatic heterocycles. The van der Waals surface area contributed by atoms with Crippen LogP contribution in [0.5, 0.6) is 0 Å². The van der Waals surface area contributed by atoms with E-state index in [-0.39, 0.29) is 0 Å². The average molecular weight is 279 g/mol. The van der Waals surface area contributed by atoms with Crippen molar-refractivity contribution in [3.8, 4) is 0 Å². The summed E-state index contributed by atoms with van der Waals surface area (Å²) in [5.41, 5.74) is 4.86. The quantitative estimate of drug-likeness (QED) is 0.459. The van der Waals surface area contributed by atoms with Crippen LogP contribution < -0.4 is 0 Å². The molecule has 0 aromatic heterocycles. The van der Waals surface area contributed by atoms with Gasteiger partial charge in [-0.25, -0.2) is 0 Å². The highest BCUT2D eigenvalue weighted by Gasteiger charge is 2.27. The largest absolute Gasteiger partial charge is 0.106 e. The van der Waals surface area contributed by atoms with Crippen molar-refractivity contribution in [2.45, 2.75) is 74.7 Å². The molecule has 0 spiro atoms. The van der Waals surface area contributed by atoms with Gasteiger partial charge in [0.05, 0.1) is 0 Å². The third-order valence-corrected chi connectivity index (χ3v) is 3.57. The first kappa shape index (κ1) is 24.0. The number of hydrogen-bond donors (Lipinski definition) is 0. The van der Waals surface area contributed by atoms with E-state index >= 15 is 0 Å². The molecular formula is C20H38. The average Bonchev–Trinajstić information content (AvgIpc) is 2.75. The van der Waals surface area contributed by atoms with Gasteiger partial charge in [-0.3, -0.25) is 0 Å². The minimum atomic E-state index is 0.395. The fraction of sp³-hybridized carbons (Fsp3) is 0.600. The van der Waals surface area contributed by atoms with Gasteiger partial charge in [0.2, 0.25) is 0 Å². The molecule has 0 nitrogen and oxygen atoms in total. The molecule has 0 saturated carbocycles. The predicted octanol–water partition coefficient (Wildman–Crippen LogP) is 7.50. The van der Waals surface area contributed by atoms with Gasteiger partial charge in [0.1, 0.15) is 0 Å². The lowest BCUT2D eigenvalue weighted by Crippen LogP contribution is -2.07. The summed E-state index contributed by atoms with van der Waals surface area (Å²) in [6, 6.07) is 0. The van der Waals surface area contributed by atoms with E-state index in [4.69, 9.17) is 0 Å². The Bertz CT molecular complexity index is 300. The van der Waals surface area contributed by atoms with Gasteiger partial charge in [0, 0.05) is 0 Å². The predicted molar refractivity (Wildman–Crippen MR) is 98.2 cm³/mol. The van der Waals surface area contributed by atoms with Crippen molar-refractivity contribution in [2.24, 2.45) is 5.41 Å². The Hall–Kier alpha value is -1.04. The monoisotopic (exact) mass is 278 g/mol. The fourth-order valence-electron chi connectivity index (χ4n) is 2.00. The van der Waals surface area contributed by atoms with Crippen molar-refractivity contribution < 1.29 is 0 Å². The van der Waals surface area contributed by atoms with Gasteiger partial charge in [-0.1, -0.05) is 64.5 Å². The smallest absolute Gasteiger partial charge is 0.0101 e. The van der Waals surface area contributed by atoms with Crippen molar-refractivity contribution >= 4 is 0 Å². The zero-order chi connectivity index (χ0) is 16.8. The van der Waals surface area contributed by atoms with E-state index in [2.05, 4.69) is 67.4 Å². The molecule has 20 heavy (non-hydrogen) atoms. The first-order valence-electron chi connectivity index (χ1n) is 7.83. The number of rotatable bonds is 2. The third kappa shape index (κ3) is 9.83. The molecule has 1 aliphatic rings. The topological polar surface area (TPSA) is 0 Å². The lowest BCUT2D eigenvalue weighted by atomic mass is 9.85. The maximum atomic E-state index is 3.83. The minimum Gasteiger partial charge on any atom is -0.106 e. The summed E-state index contributed by atoms with van der Waals surface area (Å²) in [5, 5.41) is 0. The van der Waals surface area contributed by atoms with Crippen LogP contribution in [0.4, 0.5) is 0 Å². The second-order valence-corrected chi connectivity index (χ2v) is 5.27. The van der Waals surface area contributed by atoms with Crippen LogP contribution >= 0.6 is 0 Å². The minimum absolute atomic E-state index is 0.395. The molecule has 1 rings (SSSR count). The molecule has 0 amide bonds. The van der Waals surface area contributed by atoms with Crippen molar-refractivity contribution in [1.29, 1.82) is 0 Å². The van der Waals surface area contributed by atoms with Crippen LogP contribution in [0.15, 0.2) is 48.6 Å². The fourth-order valence-corrected chi connectivity index (χ4v) is 2.00. The first-order valence-corrected chi connectivity index (χ1v) is 7.83. The molecule has 0 N–H and O–H groups in total. The number of allylic oxidation sites excluding steroid dienone is 5. The lowest BCUT2D eigenvalue weighted by molar-refractivity contribution is 0.452. The Morgan fingerprint density at radius 2 is 1.70 bits per heavy atom. The van der Waals surface area contributed by atoms with Crippen LogP contribution in [0, 0.1) is 5.41 Å². The van der Waals surface area contributed by atoms with Crippen LogP contribution in [0.25, 0.3) is 0 Å². The lowest BCUT2D eigenvalue weighted by Gasteiger charge is -2.19. The molecule has 0 heteroatoms. The normalized spacial score (nSPS) is 15.9. The zero-order valence-electron chi connectivity index (χ0n) is 15.4. The van der Waals surface area contributed by atoms with E-state index in [0.29, 0.717) is 5.41 Å². The molecule has 1 aliphatic carbocycles. The van der Waals surface area contributed by atoms with Gasteiger partial charge < -0.3 is 0 Å². The van der Waals surface area contributed by atoms with E-state index in [0.717, 1.165) is 0 Å². The van der Waals surface area contributed by atoms with Crippen LogP contribution in [-0.2, 0) is 0 Å². The van der Waals surface area contributed by atoms with E-state index in [1.54, 1.807) is 0 Å². The molecule has 0 aromatic rings. The molecule has 0 atom stereocenters. The van der Waals surface area contributed by atoms with Gasteiger partial charge in [-0.2, -0.15) is 0 Å². The van der Waals surface area contributed by atoms with Crippen molar-refractivity contribution in [3.63, 3.8) is 0 Å². The van der Waals surface area contributed by atoms with E-state index in [1.165, 1.54) is 36.0 Å². The second-order valence-electron chi connectivity index (χ2n) is 5.27. The third-order valence-electron chi connectivity index (χ3n) is 3.57. The molecule has 118 valence electrons. The summed E-state index contributed by atoms with van der Waals surface area (Å²) in [7, 11) is 0. The van der Waals surface area contributed by atoms with Gasteiger partial charge in [-0.15, -0.1) is 13.2 Å².